The molecule has 2 aromatic carbocycles. The Morgan fingerprint density at radius 2 is 1.94 bits per heavy atom. The van der Waals surface area contributed by atoms with Crippen LogP contribution in [-0.4, -0.2) is 27.3 Å². The number of aromatic nitrogens is 3. The summed E-state index contributed by atoms with van der Waals surface area (Å²) >= 11 is 0. The summed E-state index contributed by atoms with van der Waals surface area (Å²) in [5.41, 5.74) is 3.07. The van der Waals surface area contributed by atoms with Crippen molar-refractivity contribution in [3.63, 3.8) is 0 Å². The van der Waals surface area contributed by atoms with E-state index in [-0.39, 0.29) is 11.9 Å². The van der Waals surface area contributed by atoms with E-state index in [2.05, 4.69) is 29.2 Å². The molecule has 0 aliphatic rings. The average molecular weight is 416 g/mol. The molecule has 7 nitrogen and oxygen atoms in total. The van der Waals surface area contributed by atoms with Crippen molar-refractivity contribution in [3.8, 4) is 23.3 Å². The maximum atomic E-state index is 12.6. The van der Waals surface area contributed by atoms with Gasteiger partial charge in [0.1, 0.15) is 0 Å². The molecule has 0 aliphatic heterocycles. The van der Waals surface area contributed by atoms with Crippen molar-refractivity contribution in [2.75, 3.05) is 11.9 Å². The highest BCUT2D eigenvalue weighted by Crippen LogP contribution is 2.25. The molecular formula is C24H24N4O3. The molecule has 7 heteroatoms. The van der Waals surface area contributed by atoms with Crippen molar-refractivity contribution >= 4 is 11.6 Å². The highest BCUT2D eigenvalue weighted by atomic mass is 16.5. The number of anilines is 1. The molecule has 0 spiro atoms. The van der Waals surface area contributed by atoms with Crippen LogP contribution in [0.3, 0.4) is 0 Å². The third kappa shape index (κ3) is 4.83. The third-order valence-corrected chi connectivity index (χ3v) is 4.54. The van der Waals surface area contributed by atoms with Gasteiger partial charge in [0, 0.05) is 11.3 Å². The summed E-state index contributed by atoms with van der Waals surface area (Å²) < 4.78 is 12.9. The molecule has 4 rings (SSSR count). The van der Waals surface area contributed by atoms with Gasteiger partial charge in [0.05, 0.1) is 18.6 Å². The summed E-state index contributed by atoms with van der Waals surface area (Å²) in [6, 6.07) is 18.7. The lowest BCUT2D eigenvalue weighted by molar-refractivity contribution is 0.102. The van der Waals surface area contributed by atoms with E-state index in [1.54, 1.807) is 29.1 Å². The number of nitrogens with zero attached hydrogens (tertiary/aromatic N) is 3. The minimum Gasteiger partial charge on any atom is -0.462 e. The van der Waals surface area contributed by atoms with Gasteiger partial charge in [-0.25, -0.2) is 4.68 Å². The fourth-order valence-corrected chi connectivity index (χ4v) is 2.96. The number of aryl methyl sites for hydroxylation is 1. The summed E-state index contributed by atoms with van der Waals surface area (Å²) in [7, 11) is 0. The molecule has 0 radical (unpaired) electrons. The van der Waals surface area contributed by atoms with E-state index in [0.717, 1.165) is 11.3 Å². The first kappa shape index (κ1) is 20.4. The predicted octanol–water partition coefficient (Wildman–Crippen LogP) is 5.12. The molecule has 0 unspecified atom stereocenters. The van der Waals surface area contributed by atoms with Crippen molar-refractivity contribution in [2.24, 2.45) is 5.92 Å². The number of rotatable bonds is 7. The number of furan rings is 1. The number of carbonyl (C=O) groups excluding carboxylic acids is 1. The molecule has 4 aromatic rings. The number of ether oxygens (including phenoxy) is 1. The van der Waals surface area contributed by atoms with Crippen LogP contribution in [0.25, 0.3) is 17.3 Å². The van der Waals surface area contributed by atoms with Crippen molar-refractivity contribution in [1.82, 2.24) is 14.8 Å². The largest absolute Gasteiger partial charge is 0.462 e. The van der Waals surface area contributed by atoms with Crippen LogP contribution < -0.4 is 10.1 Å². The first-order valence-electron chi connectivity index (χ1n) is 10.1. The van der Waals surface area contributed by atoms with E-state index in [9.17, 15) is 4.79 Å². The van der Waals surface area contributed by atoms with E-state index in [0.29, 0.717) is 35.4 Å². The minimum absolute atomic E-state index is 0.178. The molecule has 0 bridgehead atoms. The van der Waals surface area contributed by atoms with E-state index in [1.807, 2.05) is 49.4 Å². The lowest BCUT2D eigenvalue weighted by Crippen LogP contribution is -2.12. The van der Waals surface area contributed by atoms with Gasteiger partial charge in [-0.05, 0) is 55.3 Å². The number of amides is 1. The van der Waals surface area contributed by atoms with Crippen LogP contribution in [0.5, 0.6) is 6.01 Å². The number of benzene rings is 2. The summed E-state index contributed by atoms with van der Waals surface area (Å²) in [4.78, 5) is 17.1. The summed E-state index contributed by atoms with van der Waals surface area (Å²) in [5, 5.41) is 7.44. The van der Waals surface area contributed by atoms with Crippen molar-refractivity contribution in [1.29, 1.82) is 0 Å². The maximum Gasteiger partial charge on any atom is 0.336 e. The molecule has 158 valence electrons. The van der Waals surface area contributed by atoms with Gasteiger partial charge in [-0.2, -0.15) is 4.98 Å². The number of carbonyl (C=O) groups is 1. The number of hydrogen-bond donors (Lipinski definition) is 1. The van der Waals surface area contributed by atoms with Gasteiger partial charge in [0.2, 0.25) is 5.82 Å². The van der Waals surface area contributed by atoms with Gasteiger partial charge in [-0.1, -0.05) is 37.6 Å². The fourth-order valence-electron chi connectivity index (χ4n) is 2.96. The second-order valence-corrected chi connectivity index (χ2v) is 7.68. The molecule has 0 saturated carbocycles. The van der Waals surface area contributed by atoms with E-state index < -0.39 is 0 Å². The topological polar surface area (TPSA) is 82.2 Å². The summed E-state index contributed by atoms with van der Waals surface area (Å²) in [6.45, 7) is 6.61. The van der Waals surface area contributed by atoms with E-state index >= 15 is 0 Å². The van der Waals surface area contributed by atoms with E-state index in [4.69, 9.17) is 9.15 Å². The Morgan fingerprint density at radius 1 is 1.13 bits per heavy atom. The highest BCUT2D eigenvalue weighted by Gasteiger charge is 2.17. The normalized spacial score (nSPS) is 11.0. The van der Waals surface area contributed by atoms with Gasteiger partial charge in [-0.3, -0.25) is 4.79 Å². The lowest BCUT2D eigenvalue weighted by Gasteiger charge is -2.09. The van der Waals surface area contributed by atoms with Gasteiger partial charge in [-0.15, -0.1) is 5.10 Å². The Hall–Kier alpha value is -3.87. The van der Waals surface area contributed by atoms with Crippen molar-refractivity contribution < 1.29 is 13.9 Å². The Balaban J connectivity index is 1.63. The second-order valence-electron chi connectivity index (χ2n) is 7.68. The molecule has 0 atom stereocenters. The molecule has 2 heterocycles. The molecule has 31 heavy (non-hydrogen) atoms. The summed E-state index contributed by atoms with van der Waals surface area (Å²) in [5.74, 6) is 1.26. The lowest BCUT2D eigenvalue weighted by atomic mass is 10.1. The Morgan fingerprint density at radius 3 is 2.65 bits per heavy atom. The van der Waals surface area contributed by atoms with Gasteiger partial charge < -0.3 is 14.5 Å². The third-order valence-electron chi connectivity index (χ3n) is 4.54. The zero-order valence-electron chi connectivity index (χ0n) is 17.7. The Kier molecular flexibility index (Phi) is 5.84. The van der Waals surface area contributed by atoms with Crippen molar-refractivity contribution in [2.45, 2.75) is 20.8 Å². The molecule has 1 amide bonds. The van der Waals surface area contributed by atoms with Crippen LogP contribution in [0.1, 0.15) is 29.8 Å². The van der Waals surface area contributed by atoms with Crippen molar-refractivity contribution in [3.05, 3.63) is 78.1 Å². The highest BCUT2D eigenvalue weighted by molar-refractivity contribution is 6.04. The van der Waals surface area contributed by atoms with Gasteiger partial charge in [0.25, 0.3) is 5.91 Å². The maximum absolute atomic E-state index is 12.6. The smallest absolute Gasteiger partial charge is 0.336 e. The predicted molar refractivity (Wildman–Crippen MR) is 119 cm³/mol. The Labute approximate surface area is 180 Å². The van der Waals surface area contributed by atoms with Gasteiger partial charge in [0.15, 0.2) is 5.76 Å². The minimum atomic E-state index is -0.178. The van der Waals surface area contributed by atoms with Crippen LogP contribution in [0, 0.1) is 12.8 Å². The molecule has 0 saturated heterocycles. The first-order valence-corrected chi connectivity index (χ1v) is 10.1. The molecular weight excluding hydrogens is 392 g/mol. The average Bonchev–Trinajstić information content (AvgIpc) is 3.43. The van der Waals surface area contributed by atoms with E-state index in [1.165, 1.54) is 0 Å². The number of hydrogen-bond acceptors (Lipinski definition) is 5. The molecule has 2 aromatic heterocycles. The zero-order chi connectivity index (χ0) is 21.8. The molecule has 0 fully saturated rings. The SMILES string of the molecule is Cc1ccc(C(=O)Nc2cccc(-n3nc(OCC(C)C)nc3-c3ccco3)c2)cc1. The fraction of sp³-hybridized carbons (Fsp3) is 0.208. The molecule has 1 N–H and O–H groups in total. The van der Waals surface area contributed by atoms with Crippen LogP contribution in [0.2, 0.25) is 0 Å². The zero-order valence-corrected chi connectivity index (χ0v) is 17.7. The van der Waals surface area contributed by atoms with Crippen LogP contribution in [-0.2, 0) is 0 Å². The monoisotopic (exact) mass is 416 g/mol. The molecule has 0 aliphatic carbocycles. The van der Waals surface area contributed by atoms with Crippen LogP contribution in [0.15, 0.2) is 71.3 Å². The van der Waals surface area contributed by atoms with Crippen LogP contribution in [0.4, 0.5) is 5.69 Å². The number of nitrogens with one attached hydrogen (secondary N) is 1. The Bertz CT molecular complexity index is 1160. The first-order chi connectivity index (χ1) is 15.0. The standard InChI is InChI=1S/C24H24N4O3/c1-16(2)15-31-24-26-22(21-8-5-13-30-21)28(27-24)20-7-4-6-19(14-20)25-23(29)18-11-9-17(3)10-12-18/h4-14,16H,15H2,1-3H3,(H,25,29). The summed E-state index contributed by atoms with van der Waals surface area (Å²) in [6.07, 6.45) is 1.58. The quantitative estimate of drug-likeness (QED) is 0.452. The van der Waals surface area contributed by atoms with Crippen LogP contribution >= 0.6 is 0 Å². The van der Waals surface area contributed by atoms with Gasteiger partial charge >= 0.3 is 6.01 Å². The second kappa shape index (κ2) is 8.87.